The van der Waals surface area contributed by atoms with E-state index in [1.54, 1.807) is 0 Å². The van der Waals surface area contributed by atoms with Crippen LogP contribution >= 0.6 is 0 Å². The second-order valence-electron chi connectivity index (χ2n) is 1.79. The highest BCUT2D eigenvalue weighted by atomic mass is 32.2. The minimum Gasteiger partial charge on any atom is -0.369 e. The van der Waals surface area contributed by atoms with Gasteiger partial charge in [-0.05, 0) is 0 Å². The van der Waals surface area contributed by atoms with Gasteiger partial charge in [-0.1, -0.05) is 0 Å². The number of rotatable bonds is 2. The predicted molar refractivity (Wildman–Crippen MR) is 45.8 cm³/mol. The van der Waals surface area contributed by atoms with Crippen LogP contribution < -0.4 is 11.1 Å². The summed E-state index contributed by atoms with van der Waals surface area (Å²) < 4.78 is 21.5. The highest BCUT2D eigenvalue weighted by Crippen LogP contribution is 1.90. The summed E-state index contributed by atoms with van der Waals surface area (Å²) in [6, 6.07) is 0. The zero-order chi connectivity index (χ0) is 9.68. The van der Waals surface area contributed by atoms with Crippen molar-refractivity contribution < 1.29 is 8.76 Å². The number of nitrogens with one attached hydrogen (secondary N) is 1. The molecule has 0 spiro atoms. The fourth-order valence-electron chi connectivity index (χ4n) is 0.525. The van der Waals surface area contributed by atoms with Crippen LogP contribution in [0, 0.1) is 0 Å². The van der Waals surface area contributed by atoms with Gasteiger partial charge in [-0.2, -0.15) is 0 Å². The molecule has 0 radical (unpaired) electrons. The molecule has 0 bridgehead atoms. The maximum atomic E-state index is 10.2. The molecule has 0 aliphatic rings. The molecule has 8 nitrogen and oxygen atoms in total. The van der Waals surface area contributed by atoms with Gasteiger partial charge in [-0.15, -0.1) is 4.40 Å². The molecule has 4 N–H and O–H groups in total. The van der Waals surface area contributed by atoms with Crippen LogP contribution in [0.3, 0.4) is 0 Å². The average molecular weight is 202 g/mol. The molecule has 13 heavy (non-hydrogen) atoms. The predicted octanol–water partition coefficient (Wildman–Crippen LogP) is -1.27. The van der Waals surface area contributed by atoms with Crippen molar-refractivity contribution in [2.75, 3.05) is 5.32 Å². The molecule has 1 aromatic rings. The quantitative estimate of drug-likeness (QED) is 0.310. The van der Waals surface area contributed by atoms with E-state index in [4.69, 9.17) is 10.3 Å². The summed E-state index contributed by atoms with van der Waals surface area (Å²) in [5.41, 5.74) is 5.19. The number of hydrogen-bond acceptors (Lipinski definition) is 4. The summed E-state index contributed by atoms with van der Waals surface area (Å²) in [6.07, 6.45) is 2.50. The van der Waals surface area contributed by atoms with Crippen LogP contribution in [0.4, 0.5) is 5.95 Å². The fraction of sp³-hybridized carbons (Fsp3) is 0. The summed E-state index contributed by atoms with van der Waals surface area (Å²) in [5.74, 6) is -0.0891. The standard InChI is InChI=1S/C4H6N6O2S/c5-3(10-13(11)12)9-4-7-1-6-2-8-4/h1-2H,(H,11,12)(H3,5,6,7,8,9,10). The van der Waals surface area contributed by atoms with Crippen LogP contribution in [0.15, 0.2) is 17.1 Å². The monoisotopic (exact) mass is 202 g/mol. The molecule has 9 heteroatoms. The van der Waals surface area contributed by atoms with Crippen LogP contribution in [0.5, 0.6) is 0 Å². The lowest BCUT2D eigenvalue weighted by molar-refractivity contribution is 0.566. The second-order valence-corrected chi connectivity index (χ2v) is 2.44. The maximum Gasteiger partial charge on any atom is 0.285 e. The first kappa shape index (κ1) is 9.48. The van der Waals surface area contributed by atoms with E-state index in [0.717, 1.165) is 0 Å². The fourth-order valence-corrected chi connectivity index (χ4v) is 0.739. The molecule has 1 unspecified atom stereocenters. The van der Waals surface area contributed by atoms with Crippen LogP contribution in [-0.4, -0.2) is 29.7 Å². The molecule has 0 amide bonds. The lowest BCUT2D eigenvalue weighted by Gasteiger charge is -1.99. The molecule has 0 aliphatic carbocycles. The minimum absolute atomic E-state index is 0.154. The number of anilines is 1. The van der Waals surface area contributed by atoms with Crippen molar-refractivity contribution in [3.05, 3.63) is 12.7 Å². The van der Waals surface area contributed by atoms with E-state index >= 15 is 0 Å². The number of nitrogens with zero attached hydrogens (tertiary/aromatic N) is 4. The van der Waals surface area contributed by atoms with Crippen molar-refractivity contribution in [3.8, 4) is 0 Å². The lowest BCUT2D eigenvalue weighted by Crippen LogP contribution is -2.24. The molecule has 0 saturated carbocycles. The van der Waals surface area contributed by atoms with Crippen molar-refractivity contribution in [2.45, 2.75) is 0 Å². The normalized spacial score (nSPS) is 13.8. The molecule has 0 aromatic carbocycles. The van der Waals surface area contributed by atoms with Crippen LogP contribution in [0.1, 0.15) is 0 Å². The van der Waals surface area contributed by atoms with Crippen molar-refractivity contribution in [2.24, 2.45) is 10.1 Å². The number of hydrogen-bond donors (Lipinski definition) is 3. The van der Waals surface area contributed by atoms with Gasteiger partial charge in [-0.25, -0.2) is 19.2 Å². The van der Waals surface area contributed by atoms with E-state index in [9.17, 15) is 4.21 Å². The molecule has 0 aliphatic heterocycles. The number of guanidine groups is 1. The Morgan fingerprint density at radius 1 is 1.62 bits per heavy atom. The van der Waals surface area contributed by atoms with Crippen molar-refractivity contribution >= 4 is 23.2 Å². The van der Waals surface area contributed by atoms with E-state index in [0.29, 0.717) is 0 Å². The van der Waals surface area contributed by atoms with E-state index < -0.39 is 11.3 Å². The summed E-state index contributed by atoms with van der Waals surface area (Å²) in [4.78, 5) is 10.9. The first-order valence-electron chi connectivity index (χ1n) is 3.02. The Balaban J connectivity index is 2.65. The zero-order valence-electron chi connectivity index (χ0n) is 6.28. The minimum atomic E-state index is -2.34. The van der Waals surface area contributed by atoms with Crippen LogP contribution in [0.2, 0.25) is 0 Å². The van der Waals surface area contributed by atoms with Gasteiger partial charge >= 0.3 is 0 Å². The molecule has 0 fully saturated rings. The summed E-state index contributed by atoms with van der Waals surface area (Å²) in [6.45, 7) is 0. The summed E-state index contributed by atoms with van der Waals surface area (Å²) in [5, 5.41) is 2.39. The topological polar surface area (TPSA) is 126 Å². The van der Waals surface area contributed by atoms with E-state index in [1.165, 1.54) is 12.7 Å². The van der Waals surface area contributed by atoms with Gasteiger partial charge < -0.3 is 5.73 Å². The van der Waals surface area contributed by atoms with E-state index in [2.05, 4.69) is 24.7 Å². The van der Waals surface area contributed by atoms with Crippen molar-refractivity contribution in [3.63, 3.8) is 0 Å². The largest absolute Gasteiger partial charge is 0.369 e. The van der Waals surface area contributed by atoms with Crippen LogP contribution in [-0.2, 0) is 11.3 Å². The van der Waals surface area contributed by atoms with Crippen LogP contribution in [0.25, 0.3) is 0 Å². The molecular formula is C4H6N6O2S. The Kier molecular flexibility index (Phi) is 3.23. The van der Waals surface area contributed by atoms with Gasteiger partial charge in [0.25, 0.3) is 11.3 Å². The Labute approximate surface area is 75.8 Å². The SMILES string of the molecule is NC(=NS(=O)O)Nc1ncncn1. The third-order valence-corrected chi connectivity index (χ3v) is 1.26. The molecular weight excluding hydrogens is 196 g/mol. The molecule has 1 atom stereocenters. The molecule has 1 heterocycles. The Hall–Kier alpha value is -1.61. The van der Waals surface area contributed by atoms with Gasteiger partial charge in [0.2, 0.25) is 11.9 Å². The highest BCUT2D eigenvalue weighted by Gasteiger charge is 1.97. The Morgan fingerprint density at radius 3 is 2.77 bits per heavy atom. The first-order valence-corrected chi connectivity index (χ1v) is 4.09. The maximum absolute atomic E-state index is 10.2. The van der Waals surface area contributed by atoms with Gasteiger partial charge in [0.15, 0.2) is 0 Å². The van der Waals surface area contributed by atoms with Gasteiger partial charge in [0.1, 0.15) is 12.7 Å². The van der Waals surface area contributed by atoms with E-state index in [-0.39, 0.29) is 11.9 Å². The molecule has 0 saturated heterocycles. The van der Waals surface area contributed by atoms with Gasteiger partial charge in [0.05, 0.1) is 0 Å². The molecule has 1 rings (SSSR count). The molecule has 1 aromatic heterocycles. The second kappa shape index (κ2) is 4.42. The zero-order valence-corrected chi connectivity index (χ0v) is 7.10. The Morgan fingerprint density at radius 2 is 2.23 bits per heavy atom. The summed E-state index contributed by atoms with van der Waals surface area (Å²) in [7, 11) is 0. The van der Waals surface area contributed by atoms with Crippen molar-refractivity contribution in [1.29, 1.82) is 0 Å². The molecule has 70 valence electrons. The third kappa shape index (κ3) is 3.53. The highest BCUT2D eigenvalue weighted by molar-refractivity contribution is 7.78. The Bertz CT molecular complexity index is 327. The number of aromatic nitrogens is 3. The lowest BCUT2D eigenvalue weighted by atomic mass is 10.8. The van der Waals surface area contributed by atoms with E-state index in [1.807, 2.05) is 0 Å². The van der Waals surface area contributed by atoms with Gasteiger partial charge in [-0.3, -0.25) is 9.87 Å². The summed E-state index contributed by atoms with van der Waals surface area (Å²) >= 11 is -2.34. The number of nitrogens with two attached hydrogens (primary N) is 1. The average Bonchev–Trinajstić information content (AvgIpc) is 2.04. The third-order valence-electron chi connectivity index (χ3n) is 0.910. The van der Waals surface area contributed by atoms with Gasteiger partial charge in [0, 0.05) is 0 Å². The first-order chi connectivity index (χ1) is 6.18. The smallest absolute Gasteiger partial charge is 0.285 e. The van der Waals surface area contributed by atoms with Crippen molar-refractivity contribution in [1.82, 2.24) is 15.0 Å².